The molecule has 0 bridgehead atoms. The lowest BCUT2D eigenvalue weighted by Crippen LogP contribution is -2.04. The number of halogens is 3. The molecule has 0 spiro atoms. The summed E-state index contributed by atoms with van der Waals surface area (Å²) in [6.07, 6.45) is -0.457. The second-order valence-corrected chi connectivity index (χ2v) is 6.23. The monoisotopic (exact) mass is 386 g/mol. The van der Waals surface area contributed by atoms with Gasteiger partial charge < -0.3 is 5.11 Å². The van der Waals surface area contributed by atoms with E-state index in [1.807, 2.05) is 25.1 Å². The third kappa shape index (κ3) is 3.65. The average molecular weight is 388 g/mol. The van der Waals surface area contributed by atoms with Crippen molar-refractivity contribution in [1.29, 1.82) is 0 Å². The van der Waals surface area contributed by atoms with E-state index >= 15 is 0 Å². The van der Waals surface area contributed by atoms with Gasteiger partial charge in [0.15, 0.2) is 0 Å². The predicted molar refractivity (Wildman–Crippen MR) is 81.6 cm³/mol. The molecule has 0 heterocycles. The number of hydrogen-bond acceptors (Lipinski definition) is 1. The van der Waals surface area contributed by atoms with E-state index in [1.165, 1.54) is 6.07 Å². The van der Waals surface area contributed by atoms with Crippen molar-refractivity contribution in [1.82, 2.24) is 0 Å². The molecule has 0 aliphatic heterocycles. The number of rotatable bonds is 3. The Morgan fingerprint density at radius 1 is 1.16 bits per heavy atom. The van der Waals surface area contributed by atoms with Crippen LogP contribution >= 0.6 is 31.9 Å². The van der Waals surface area contributed by atoms with E-state index in [2.05, 4.69) is 31.9 Å². The number of aliphatic hydroxyl groups is 1. The van der Waals surface area contributed by atoms with Crippen molar-refractivity contribution >= 4 is 31.9 Å². The van der Waals surface area contributed by atoms with Gasteiger partial charge in [-0.05, 0) is 41.8 Å². The highest BCUT2D eigenvalue weighted by Gasteiger charge is 2.12. The van der Waals surface area contributed by atoms with Crippen LogP contribution in [0.25, 0.3) is 0 Å². The fourth-order valence-corrected chi connectivity index (χ4v) is 2.56. The first kappa shape index (κ1) is 14.7. The van der Waals surface area contributed by atoms with Crippen molar-refractivity contribution in [3.8, 4) is 0 Å². The summed E-state index contributed by atoms with van der Waals surface area (Å²) in [6, 6.07) is 10.5. The number of aryl methyl sites for hydroxylation is 1. The molecule has 1 N–H and O–H groups in total. The van der Waals surface area contributed by atoms with E-state index < -0.39 is 6.10 Å². The molecule has 0 aliphatic rings. The zero-order chi connectivity index (χ0) is 14.0. The molecule has 19 heavy (non-hydrogen) atoms. The van der Waals surface area contributed by atoms with Crippen molar-refractivity contribution in [2.45, 2.75) is 19.4 Å². The van der Waals surface area contributed by atoms with Crippen molar-refractivity contribution in [2.24, 2.45) is 0 Å². The Balaban J connectivity index is 2.20. The highest BCUT2D eigenvalue weighted by Crippen LogP contribution is 2.25. The first-order chi connectivity index (χ1) is 8.97. The molecule has 0 saturated heterocycles. The second kappa shape index (κ2) is 6.16. The maximum Gasteiger partial charge on any atom is 0.127 e. The fraction of sp³-hybridized carbons (Fsp3) is 0.200. The maximum atomic E-state index is 13.7. The van der Waals surface area contributed by atoms with Gasteiger partial charge in [0.05, 0.1) is 6.10 Å². The van der Waals surface area contributed by atoms with E-state index in [-0.39, 0.29) is 12.2 Å². The summed E-state index contributed by atoms with van der Waals surface area (Å²) >= 11 is 6.65. The molecule has 0 amide bonds. The zero-order valence-electron chi connectivity index (χ0n) is 10.3. The Labute approximate surface area is 128 Å². The molecular weight excluding hydrogens is 375 g/mol. The van der Waals surface area contributed by atoms with Crippen LogP contribution < -0.4 is 0 Å². The van der Waals surface area contributed by atoms with Crippen LogP contribution in [0.15, 0.2) is 45.3 Å². The first-order valence-corrected chi connectivity index (χ1v) is 7.44. The summed E-state index contributed by atoms with van der Waals surface area (Å²) in [7, 11) is 0. The number of aliphatic hydroxyl groups excluding tert-OH is 1. The molecular formula is C15H13Br2FO. The van der Waals surface area contributed by atoms with Gasteiger partial charge in [0.1, 0.15) is 5.82 Å². The maximum absolute atomic E-state index is 13.7. The van der Waals surface area contributed by atoms with Gasteiger partial charge in [-0.3, -0.25) is 0 Å². The summed E-state index contributed by atoms with van der Waals surface area (Å²) in [5.41, 5.74) is 2.39. The summed E-state index contributed by atoms with van der Waals surface area (Å²) in [5, 5.41) is 10.2. The molecule has 100 valence electrons. The van der Waals surface area contributed by atoms with Gasteiger partial charge in [-0.25, -0.2) is 4.39 Å². The Morgan fingerprint density at radius 2 is 1.89 bits per heavy atom. The van der Waals surface area contributed by atoms with Crippen molar-refractivity contribution in [3.63, 3.8) is 0 Å². The van der Waals surface area contributed by atoms with Crippen LogP contribution in [0.1, 0.15) is 22.8 Å². The summed E-state index contributed by atoms with van der Waals surface area (Å²) < 4.78 is 15.4. The van der Waals surface area contributed by atoms with Crippen LogP contribution in [0.5, 0.6) is 0 Å². The standard InChI is InChI=1S/C15H13Br2FO/c1-9-2-3-11(6-13(9)17)15(19)7-10-4-5-12(16)8-14(10)18/h2-6,8,15,19H,7H2,1H3. The Kier molecular flexibility index (Phi) is 4.76. The van der Waals surface area contributed by atoms with E-state index in [0.29, 0.717) is 10.0 Å². The SMILES string of the molecule is Cc1ccc(C(O)Cc2ccc(Br)cc2F)cc1Br. The molecule has 1 nitrogen and oxygen atoms in total. The van der Waals surface area contributed by atoms with Crippen molar-refractivity contribution in [3.05, 3.63) is 67.9 Å². The van der Waals surface area contributed by atoms with E-state index in [1.54, 1.807) is 12.1 Å². The van der Waals surface area contributed by atoms with Crippen LogP contribution in [-0.2, 0) is 6.42 Å². The highest BCUT2D eigenvalue weighted by atomic mass is 79.9. The predicted octanol–water partition coefficient (Wildman–Crippen LogP) is 4.94. The Bertz CT molecular complexity index is 599. The van der Waals surface area contributed by atoms with Crippen LogP contribution in [0.4, 0.5) is 4.39 Å². The lowest BCUT2D eigenvalue weighted by molar-refractivity contribution is 0.177. The average Bonchev–Trinajstić information content (AvgIpc) is 2.36. The Morgan fingerprint density at radius 3 is 2.53 bits per heavy atom. The largest absolute Gasteiger partial charge is 0.388 e. The first-order valence-electron chi connectivity index (χ1n) is 5.85. The molecule has 0 fully saturated rings. The summed E-state index contributed by atoms with van der Waals surface area (Å²) in [4.78, 5) is 0. The molecule has 0 radical (unpaired) electrons. The second-order valence-electron chi connectivity index (χ2n) is 4.46. The van der Waals surface area contributed by atoms with Crippen molar-refractivity contribution < 1.29 is 9.50 Å². The van der Waals surface area contributed by atoms with Gasteiger partial charge in [-0.15, -0.1) is 0 Å². The minimum Gasteiger partial charge on any atom is -0.388 e. The molecule has 2 aromatic rings. The number of hydrogen-bond donors (Lipinski definition) is 1. The normalized spacial score (nSPS) is 12.5. The summed E-state index contributed by atoms with van der Waals surface area (Å²) in [5.74, 6) is -0.306. The molecule has 2 rings (SSSR count). The van der Waals surface area contributed by atoms with Crippen LogP contribution in [0.3, 0.4) is 0 Å². The lowest BCUT2D eigenvalue weighted by Gasteiger charge is -2.13. The van der Waals surface area contributed by atoms with Crippen molar-refractivity contribution in [2.75, 3.05) is 0 Å². The van der Waals surface area contributed by atoms with Gasteiger partial charge >= 0.3 is 0 Å². The minimum absolute atomic E-state index is 0.259. The topological polar surface area (TPSA) is 20.2 Å². The molecule has 4 heteroatoms. The quantitative estimate of drug-likeness (QED) is 0.791. The van der Waals surface area contributed by atoms with E-state index in [4.69, 9.17) is 0 Å². The van der Waals surface area contributed by atoms with Gasteiger partial charge in [0, 0.05) is 15.4 Å². The van der Waals surface area contributed by atoms with Crippen LogP contribution in [0.2, 0.25) is 0 Å². The lowest BCUT2D eigenvalue weighted by atomic mass is 10.0. The summed E-state index contributed by atoms with van der Waals surface area (Å²) in [6.45, 7) is 1.98. The molecule has 2 aromatic carbocycles. The van der Waals surface area contributed by atoms with E-state index in [9.17, 15) is 9.50 Å². The van der Waals surface area contributed by atoms with Gasteiger partial charge in [-0.2, -0.15) is 0 Å². The van der Waals surface area contributed by atoms with Crippen LogP contribution in [0, 0.1) is 12.7 Å². The van der Waals surface area contributed by atoms with Gasteiger partial charge in [0.25, 0.3) is 0 Å². The third-order valence-electron chi connectivity index (χ3n) is 3.01. The zero-order valence-corrected chi connectivity index (χ0v) is 13.5. The number of benzene rings is 2. The molecule has 0 saturated carbocycles. The van der Waals surface area contributed by atoms with Crippen LogP contribution in [-0.4, -0.2) is 5.11 Å². The third-order valence-corrected chi connectivity index (χ3v) is 4.36. The van der Waals surface area contributed by atoms with Gasteiger partial charge in [0.2, 0.25) is 0 Å². The Hall–Kier alpha value is -0.710. The molecule has 1 atom stereocenters. The fourth-order valence-electron chi connectivity index (χ4n) is 1.83. The van der Waals surface area contributed by atoms with Gasteiger partial charge in [-0.1, -0.05) is 50.1 Å². The highest BCUT2D eigenvalue weighted by molar-refractivity contribution is 9.10. The minimum atomic E-state index is -0.715. The smallest absolute Gasteiger partial charge is 0.127 e. The molecule has 1 unspecified atom stereocenters. The molecule has 0 aromatic heterocycles. The van der Waals surface area contributed by atoms with E-state index in [0.717, 1.165) is 15.6 Å². The molecule has 0 aliphatic carbocycles.